The highest BCUT2D eigenvalue weighted by molar-refractivity contribution is 5.92. The lowest BCUT2D eigenvalue weighted by Crippen LogP contribution is -2.34. The van der Waals surface area contributed by atoms with E-state index >= 15 is 0 Å². The first kappa shape index (κ1) is 19.8. The van der Waals surface area contributed by atoms with Crippen LogP contribution >= 0.6 is 0 Å². The van der Waals surface area contributed by atoms with E-state index in [1.807, 2.05) is 61.5 Å². The maximum absolute atomic E-state index is 12.5. The third-order valence-electron chi connectivity index (χ3n) is 4.34. The number of likely N-dealkylation sites (N-methyl/N-ethyl adjacent to an activating group) is 1. The summed E-state index contributed by atoms with van der Waals surface area (Å²) >= 11 is 0. The molecule has 0 saturated heterocycles. The molecule has 0 spiro atoms. The molecular formula is C22H26N2O4. The zero-order chi connectivity index (χ0) is 19.9. The van der Waals surface area contributed by atoms with Gasteiger partial charge in [0.05, 0.1) is 13.2 Å². The fraction of sp³-hybridized carbons (Fsp3) is 0.318. The second-order valence-corrected chi connectivity index (χ2v) is 6.81. The highest BCUT2D eigenvalue weighted by Crippen LogP contribution is 2.40. The van der Waals surface area contributed by atoms with Crippen molar-refractivity contribution in [3.05, 3.63) is 59.7 Å². The van der Waals surface area contributed by atoms with E-state index in [0.29, 0.717) is 37.0 Å². The van der Waals surface area contributed by atoms with Gasteiger partial charge in [-0.3, -0.25) is 4.79 Å². The van der Waals surface area contributed by atoms with E-state index in [-0.39, 0.29) is 11.9 Å². The van der Waals surface area contributed by atoms with Gasteiger partial charge in [0, 0.05) is 12.6 Å². The van der Waals surface area contributed by atoms with Gasteiger partial charge in [-0.05, 0) is 43.4 Å². The van der Waals surface area contributed by atoms with Gasteiger partial charge >= 0.3 is 0 Å². The SMILES string of the molecule is COc1cc(/C=C/C(=O)NC(CN(C)C)c2ccccc2)cc2c1OCCO2. The Labute approximate surface area is 165 Å². The van der Waals surface area contributed by atoms with Crippen LogP contribution in [0.15, 0.2) is 48.5 Å². The molecule has 0 bridgehead atoms. The van der Waals surface area contributed by atoms with Crippen LogP contribution in [-0.2, 0) is 4.79 Å². The van der Waals surface area contributed by atoms with Crippen molar-refractivity contribution in [2.24, 2.45) is 0 Å². The summed E-state index contributed by atoms with van der Waals surface area (Å²) in [6.45, 7) is 1.70. The van der Waals surface area contributed by atoms with Crippen LogP contribution in [-0.4, -0.2) is 51.8 Å². The Bertz CT molecular complexity index is 817. The van der Waals surface area contributed by atoms with E-state index in [1.165, 1.54) is 6.08 Å². The molecule has 3 rings (SSSR count). The minimum absolute atomic E-state index is 0.0943. The summed E-state index contributed by atoms with van der Waals surface area (Å²) in [4.78, 5) is 14.6. The minimum Gasteiger partial charge on any atom is -0.493 e. The zero-order valence-corrected chi connectivity index (χ0v) is 16.5. The second-order valence-electron chi connectivity index (χ2n) is 6.81. The van der Waals surface area contributed by atoms with Gasteiger partial charge in [-0.2, -0.15) is 0 Å². The van der Waals surface area contributed by atoms with E-state index in [9.17, 15) is 4.79 Å². The summed E-state index contributed by atoms with van der Waals surface area (Å²) in [6.07, 6.45) is 3.27. The lowest BCUT2D eigenvalue weighted by molar-refractivity contribution is -0.117. The van der Waals surface area contributed by atoms with Gasteiger partial charge < -0.3 is 24.4 Å². The maximum Gasteiger partial charge on any atom is 0.244 e. The number of hydrogen-bond donors (Lipinski definition) is 1. The van der Waals surface area contributed by atoms with Gasteiger partial charge in [0.2, 0.25) is 11.7 Å². The number of nitrogens with one attached hydrogen (secondary N) is 1. The summed E-state index contributed by atoms with van der Waals surface area (Å²) in [7, 11) is 5.55. The largest absolute Gasteiger partial charge is 0.493 e. The van der Waals surface area contributed by atoms with Gasteiger partial charge in [-0.15, -0.1) is 0 Å². The minimum atomic E-state index is -0.162. The number of hydrogen-bond acceptors (Lipinski definition) is 5. The first-order valence-electron chi connectivity index (χ1n) is 9.22. The molecule has 28 heavy (non-hydrogen) atoms. The van der Waals surface area contributed by atoms with Crippen LogP contribution in [0.25, 0.3) is 6.08 Å². The number of fused-ring (bicyclic) bond motifs is 1. The van der Waals surface area contributed by atoms with Gasteiger partial charge in [-0.1, -0.05) is 30.3 Å². The van der Waals surface area contributed by atoms with E-state index in [2.05, 4.69) is 5.32 Å². The van der Waals surface area contributed by atoms with E-state index in [0.717, 1.165) is 11.1 Å². The molecule has 148 valence electrons. The number of methoxy groups -OCH3 is 1. The van der Waals surface area contributed by atoms with E-state index < -0.39 is 0 Å². The average molecular weight is 382 g/mol. The van der Waals surface area contributed by atoms with Crippen molar-refractivity contribution in [3.8, 4) is 17.2 Å². The Kier molecular flexibility index (Phi) is 6.55. The van der Waals surface area contributed by atoms with Crippen molar-refractivity contribution >= 4 is 12.0 Å². The van der Waals surface area contributed by atoms with Crippen molar-refractivity contribution in [3.63, 3.8) is 0 Å². The molecule has 2 aromatic rings. The first-order valence-corrected chi connectivity index (χ1v) is 9.22. The number of amides is 1. The molecule has 6 nitrogen and oxygen atoms in total. The topological polar surface area (TPSA) is 60.0 Å². The second kappa shape index (κ2) is 9.28. The Balaban J connectivity index is 1.73. The lowest BCUT2D eigenvalue weighted by Gasteiger charge is -2.22. The molecule has 1 unspecified atom stereocenters. The fourth-order valence-electron chi connectivity index (χ4n) is 3.07. The van der Waals surface area contributed by atoms with E-state index in [4.69, 9.17) is 14.2 Å². The Morgan fingerprint density at radius 2 is 1.96 bits per heavy atom. The summed E-state index contributed by atoms with van der Waals surface area (Å²) < 4.78 is 16.6. The molecule has 1 aliphatic rings. The van der Waals surface area contributed by atoms with Crippen molar-refractivity contribution in [2.75, 3.05) is 41.0 Å². The molecule has 1 aliphatic heterocycles. The summed E-state index contributed by atoms with van der Waals surface area (Å²) in [5.74, 6) is 1.66. The Hall–Kier alpha value is -2.99. The van der Waals surface area contributed by atoms with Crippen molar-refractivity contribution in [1.82, 2.24) is 10.2 Å². The summed E-state index contributed by atoms with van der Waals surface area (Å²) in [6, 6.07) is 13.5. The molecule has 0 fully saturated rings. The van der Waals surface area contributed by atoms with Gasteiger partial charge in [0.15, 0.2) is 11.5 Å². The first-order chi connectivity index (χ1) is 13.6. The summed E-state index contributed by atoms with van der Waals surface area (Å²) in [5.41, 5.74) is 1.87. The van der Waals surface area contributed by atoms with Gasteiger partial charge in [-0.25, -0.2) is 0 Å². The third kappa shape index (κ3) is 5.04. The van der Waals surface area contributed by atoms with Crippen LogP contribution < -0.4 is 19.5 Å². The summed E-state index contributed by atoms with van der Waals surface area (Å²) in [5, 5.41) is 3.07. The number of nitrogens with zero attached hydrogens (tertiary/aromatic N) is 1. The molecule has 1 heterocycles. The normalized spacial score (nSPS) is 14.1. The fourth-order valence-corrected chi connectivity index (χ4v) is 3.07. The molecule has 1 N–H and O–H groups in total. The van der Waals surface area contributed by atoms with Crippen LogP contribution in [0, 0.1) is 0 Å². The molecular weight excluding hydrogens is 356 g/mol. The van der Waals surface area contributed by atoms with Crippen molar-refractivity contribution < 1.29 is 19.0 Å². The molecule has 1 atom stereocenters. The highest BCUT2D eigenvalue weighted by Gasteiger charge is 2.18. The van der Waals surface area contributed by atoms with Crippen LogP contribution in [0.4, 0.5) is 0 Å². The number of benzene rings is 2. The van der Waals surface area contributed by atoms with Crippen LogP contribution in [0.3, 0.4) is 0 Å². The molecule has 2 aromatic carbocycles. The standard InChI is InChI=1S/C22H26N2O4/c1-24(2)15-18(17-7-5-4-6-8-17)23-21(25)10-9-16-13-19(26-3)22-20(14-16)27-11-12-28-22/h4-10,13-14,18H,11-12,15H2,1-3H3,(H,23,25)/b10-9+. The average Bonchev–Trinajstić information content (AvgIpc) is 2.71. The lowest BCUT2D eigenvalue weighted by atomic mass is 10.1. The number of ether oxygens (including phenoxy) is 3. The number of rotatable bonds is 7. The zero-order valence-electron chi connectivity index (χ0n) is 16.5. The van der Waals surface area contributed by atoms with Crippen LogP contribution in [0.5, 0.6) is 17.2 Å². The molecule has 0 saturated carbocycles. The molecule has 6 heteroatoms. The maximum atomic E-state index is 12.5. The molecule has 0 aromatic heterocycles. The van der Waals surface area contributed by atoms with Crippen molar-refractivity contribution in [2.45, 2.75) is 6.04 Å². The number of carbonyl (C=O) groups is 1. The van der Waals surface area contributed by atoms with Crippen LogP contribution in [0.1, 0.15) is 17.2 Å². The monoisotopic (exact) mass is 382 g/mol. The van der Waals surface area contributed by atoms with Gasteiger partial charge in [0.1, 0.15) is 13.2 Å². The smallest absolute Gasteiger partial charge is 0.244 e. The predicted molar refractivity (Wildman–Crippen MR) is 109 cm³/mol. The van der Waals surface area contributed by atoms with Crippen LogP contribution in [0.2, 0.25) is 0 Å². The number of carbonyl (C=O) groups excluding carboxylic acids is 1. The Morgan fingerprint density at radius 1 is 1.21 bits per heavy atom. The third-order valence-corrected chi connectivity index (χ3v) is 4.34. The molecule has 1 amide bonds. The van der Waals surface area contributed by atoms with E-state index in [1.54, 1.807) is 13.2 Å². The predicted octanol–water partition coefficient (Wildman–Crippen LogP) is 2.90. The highest BCUT2D eigenvalue weighted by atomic mass is 16.6. The quantitative estimate of drug-likeness (QED) is 0.746. The van der Waals surface area contributed by atoms with Crippen molar-refractivity contribution in [1.29, 1.82) is 0 Å². The van der Waals surface area contributed by atoms with Gasteiger partial charge in [0.25, 0.3) is 0 Å². The molecule has 0 aliphatic carbocycles. The Morgan fingerprint density at radius 3 is 2.68 bits per heavy atom. The molecule has 0 radical (unpaired) electrons.